The van der Waals surface area contributed by atoms with Crippen molar-refractivity contribution in [2.24, 2.45) is 7.05 Å². The lowest BCUT2D eigenvalue weighted by atomic mass is 10.0. The molecule has 0 fully saturated rings. The molecule has 2 N–H and O–H groups in total. The summed E-state index contributed by atoms with van der Waals surface area (Å²) < 4.78 is 7.07. The van der Waals surface area contributed by atoms with Crippen LogP contribution in [0.4, 0.5) is 5.82 Å². The average molecular weight is 274 g/mol. The minimum absolute atomic E-state index is 0.332. The molecule has 96 valence electrons. The van der Waals surface area contributed by atoms with Crippen molar-refractivity contribution in [2.45, 2.75) is 0 Å². The first-order valence-electron chi connectivity index (χ1n) is 5.80. The number of aromatic nitrogens is 2. The Morgan fingerprint density at radius 3 is 2.53 bits per heavy atom. The van der Waals surface area contributed by atoms with Crippen molar-refractivity contribution >= 4 is 17.4 Å². The maximum Gasteiger partial charge on any atom is 0.194 e. The maximum atomic E-state index is 6.11. The van der Waals surface area contributed by atoms with Crippen molar-refractivity contribution in [3.63, 3.8) is 0 Å². The average Bonchev–Trinajstić information content (AvgIpc) is 2.96. The van der Waals surface area contributed by atoms with Crippen molar-refractivity contribution < 1.29 is 4.42 Å². The van der Waals surface area contributed by atoms with Gasteiger partial charge in [0.25, 0.3) is 0 Å². The van der Waals surface area contributed by atoms with E-state index in [-0.39, 0.29) is 0 Å². The van der Waals surface area contributed by atoms with Crippen LogP contribution in [-0.4, -0.2) is 9.78 Å². The minimum atomic E-state index is 0.332. The summed E-state index contributed by atoms with van der Waals surface area (Å²) in [7, 11) is 1.80. The molecule has 3 aromatic rings. The molecule has 0 saturated carbocycles. The molecule has 0 bridgehead atoms. The van der Waals surface area contributed by atoms with Gasteiger partial charge < -0.3 is 10.2 Å². The van der Waals surface area contributed by atoms with Crippen molar-refractivity contribution in [1.82, 2.24) is 9.78 Å². The molecule has 0 aliphatic heterocycles. The second-order valence-corrected chi connectivity index (χ2v) is 4.57. The fourth-order valence-corrected chi connectivity index (χ4v) is 2.19. The number of anilines is 1. The topological polar surface area (TPSA) is 57.0 Å². The Hall–Kier alpha value is -2.20. The molecule has 2 aromatic heterocycles. The van der Waals surface area contributed by atoms with Gasteiger partial charge in [-0.3, -0.25) is 4.68 Å². The van der Waals surface area contributed by atoms with Crippen molar-refractivity contribution in [3.8, 4) is 22.6 Å². The highest BCUT2D eigenvalue weighted by atomic mass is 35.5. The lowest BCUT2D eigenvalue weighted by Crippen LogP contribution is -1.97. The van der Waals surface area contributed by atoms with Crippen LogP contribution in [0.3, 0.4) is 0 Å². The molecule has 0 amide bonds. The SMILES string of the molecule is Cn1nc(-c2ccc(Cl)o2)c(-c2ccccc2)c1N. The van der Waals surface area contributed by atoms with Crippen LogP contribution in [0.5, 0.6) is 0 Å². The Kier molecular flexibility index (Phi) is 2.80. The molecule has 0 unspecified atom stereocenters. The van der Waals surface area contributed by atoms with Gasteiger partial charge in [-0.2, -0.15) is 5.10 Å². The van der Waals surface area contributed by atoms with E-state index in [0.717, 1.165) is 11.1 Å². The van der Waals surface area contributed by atoms with E-state index < -0.39 is 0 Å². The number of nitrogens with zero attached hydrogens (tertiary/aromatic N) is 2. The summed E-state index contributed by atoms with van der Waals surface area (Å²) in [4.78, 5) is 0. The maximum absolute atomic E-state index is 6.11. The predicted octanol–water partition coefficient (Wildman–Crippen LogP) is 3.58. The zero-order valence-electron chi connectivity index (χ0n) is 10.3. The van der Waals surface area contributed by atoms with Crippen molar-refractivity contribution in [3.05, 3.63) is 47.7 Å². The Morgan fingerprint density at radius 2 is 1.89 bits per heavy atom. The van der Waals surface area contributed by atoms with Gasteiger partial charge >= 0.3 is 0 Å². The van der Waals surface area contributed by atoms with Crippen molar-refractivity contribution in [2.75, 3.05) is 5.73 Å². The van der Waals surface area contributed by atoms with Gasteiger partial charge in [0.05, 0.1) is 5.56 Å². The summed E-state index contributed by atoms with van der Waals surface area (Å²) in [5.74, 6) is 1.20. The van der Waals surface area contributed by atoms with Crippen LogP contribution in [0.2, 0.25) is 5.22 Å². The first kappa shape index (κ1) is 11.9. The molecule has 0 atom stereocenters. The Balaban J connectivity index is 2.24. The second kappa shape index (κ2) is 4.48. The second-order valence-electron chi connectivity index (χ2n) is 4.20. The Morgan fingerprint density at radius 1 is 1.16 bits per heavy atom. The smallest absolute Gasteiger partial charge is 0.194 e. The number of nitrogen functional groups attached to an aromatic ring is 1. The number of hydrogen-bond acceptors (Lipinski definition) is 3. The van der Waals surface area contributed by atoms with E-state index in [2.05, 4.69) is 5.10 Å². The zero-order chi connectivity index (χ0) is 13.4. The summed E-state index contributed by atoms with van der Waals surface area (Å²) in [6, 6.07) is 13.3. The number of halogens is 1. The van der Waals surface area contributed by atoms with Gasteiger partial charge in [-0.05, 0) is 29.3 Å². The number of nitrogens with two attached hydrogens (primary N) is 1. The van der Waals surface area contributed by atoms with E-state index in [9.17, 15) is 0 Å². The highest BCUT2D eigenvalue weighted by Gasteiger charge is 2.19. The molecule has 0 spiro atoms. The molecule has 5 heteroatoms. The summed E-state index contributed by atoms with van der Waals surface area (Å²) in [6.07, 6.45) is 0. The molecule has 1 aromatic carbocycles. The van der Waals surface area contributed by atoms with Crippen molar-refractivity contribution in [1.29, 1.82) is 0 Å². The molecule has 2 heterocycles. The number of aryl methyl sites for hydroxylation is 1. The lowest BCUT2D eigenvalue weighted by Gasteiger charge is -2.02. The monoisotopic (exact) mass is 273 g/mol. The van der Waals surface area contributed by atoms with Crippen LogP contribution in [0, 0.1) is 0 Å². The first-order chi connectivity index (χ1) is 9.16. The number of furan rings is 1. The third-order valence-corrected chi connectivity index (χ3v) is 3.16. The van der Waals surface area contributed by atoms with Crippen LogP contribution >= 0.6 is 11.6 Å². The third-order valence-electron chi connectivity index (χ3n) is 2.96. The molecular weight excluding hydrogens is 262 g/mol. The van der Waals surface area contributed by atoms with Crippen LogP contribution in [-0.2, 0) is 7.05 Å². The molecule has 0 radical (unpaired) electrons. The number of hydrogen-bond donors (Lipinski definition) is 1. The molecular formula is C14H12ClN3O. The molecule has 0 aliphatic carbocycles. The van der Waals surface area contributed by atoms with Gasteiger partial charge in [-0.15, -0.1) is 0 Å². The predicted molar refractivity (Wildman–Crippen MR) is 75.8 cm³/mol. The van der Waals surface area contributed by atoms with Crippen LogP contribution < -0.4 is 5.73 Å². The summed E-state index contributed by atoms with van der Waals surface area (Å²) in [5.41, 5.74) is 8.65. The molecule has 0 saturated heterocycles. The van der Waals surface area contributed by atoms with Crippen LogP contribution in [0.25, 0.3) is 22.6 Å². The van der Waals surface area contributed by atoms with E-state index in [1.165, 1.54) is 0 Å². The quantitative estimate of drug-likeness (QED) is 0.776. The third kappa shape index (κ3) is 2.00. The van der Waals surface area contributed by atoms with E-state index in [1.54, 1.807) is 23.9 Å². The van der Waals surface area contributed by atoms with E-state index in [4.69, 9.17) is 21.8 Å². The van der Waals surface area contributed by atoms with Crippen LogP contribution in [0.1, 0.15) is 0 Å². The minimum Gasteiger partial charge on any atom is -0.443 e. The molecule has 19 heavy (non-hydrogen) atoms. The molecule has 0 aliphatic rings. The Bertz CT molecular complexity index is 716. The van der Waals surface area contributed by atoms with Gasteiger partial charge in [0, 0.05) is 7.05 Å². The molecule has 3 rings (SSSR count). The van der Waals surface area contributed by atoms with Gasteiger partial charge in [0.1, 0.15) is 11.5 Å². The number of rotatable bonds is 2. The molecule has 4 nitrogen and oxygen atoms in total. The highest BCUT2D eigenvalue weighted by molar-refractivity contribution is 6.29. The van der Waals surface area contributed by atoms with E-state index >= 15 is 0 Å². The van der Waals surface area contributed by atoms with Crippen LogP contribution in [0.15, 0.2) is 46.9 Å². The highest BCUT2D eigenvalue weighted by Crippen LogP contribution is 2.36. The van der Waals surface area contributed by atoms with Gasteiger partial charge in [0.2, 0.25) is 0 Å². The zero-order valence-corrected chi connectivity index (χ0v) is 11.1. The first-order valence-corrected chi connectivity index (χ1v) is 6.18. The summed E-state index contributed by atoms with van der Waals surface area (Å²) >= 11 is 5.82. The summed E-state index contributed by atoms with van der Waals surface area (Å²) in [5, 5.41) is 4.74. The van der Waals surface area contributed by atoms with Gasteiger partial charge in [-0.25, -0.2) is 0 Å². The van der Waals surface area contributed by atoms with Gasteiger partial charge in [-0.1, -0.05) is 30.3 Å². The Labute approximate surface area is 115 Å². The van der Waals surface area contributed by atoms with E-state index in [0.29, 0.717) is 22.5 Å². The fraction of sp³-hybridized carbons (Fsp3) is 0.0714. The largest absolute Gasteiger partial charge is 0.443 e. The lowest BCUT2D eigenvalue weighted by molar-refractivity contribution is 0.580. The van der Waals surface area contributed by atoms with E-state index in [1.807, 2.05) is 30.3 Å². The van der Waals surface area contributed by atoms with Gasteiger partial charge in [0.15, 0.2) is 11.0 Å². The fourth-order valence-electron chi connectivity index (χ4n) is 2.04. The summed E-state index contributed by atoms with van der Waals surface area (Å²) in [6.45, 7) is 0. The standard InChI is InChI=1S/C14H12ClN3O/c1-18-14(16)12(9-5-3-2-4-6-9)13(17-18)10-7-8-11(15)19-10/h2-8H,16H2,1H3. The normalized spacial score (nSPS) is 10.8. The number of benzene rings is 1.